The summed E-state index contributed by atoms with van der Waals surface area (Å²) in [6.07, 6.45) is 0.964. The van der Waals surface area contributed by atoms with Gasteiger partial charge in [-0.05, 0) is 44.9 Å². The van der Waals surface area contributed by atoms with Gasteiger partial charge in [0.1, 0.15) is 0 Å². The summed E-state index contributed by atoms with van der Waals surface area (Å²) >= 11 is 0. The fraction of sp³-hybridized carbons (Fsp3) is 0.632. The van der Waals surface area contributed by atoms with Gasteiger partial charge >= 0.3 is 0 Å². The number of rotatable bonds is 8. The van der Waals surface area contributed by atoms with E-state index in [-0.39, 0.29) is 10.8 Å². The Labute approximate surface area is 162 Å². The van der Waals surface area contributed by atoms with Gasteiger partial charge in [0.2, 0.25) is 15.9 Å². The minimum absolute atomic E-state index is 0.00866. The summed E-state index contributed by atoms with van der Waals surface area (Å²) in [5.74, 6) is 0.00866. The molecule has 1 aromatic carbocycles. The lowest BCUT2D eigenvalue weighted by atomic mass is 10.1. The van der Waals surface area contributed by atoms with Crippen LogP contribution in [0.5, 0.6) is 0 Å². The highest BCUT2D eigenvalue weighted by atomic mass is 32.2. The second-order valence-corrected chi connectivity index (χ2v) is 9.49. The Balaban J connectivity index is 1.75. The molecule has 7 nitrogen and oxygen atoms in total. The third kappa shape index (κ3) is 7.96. The number of aryl methyl sites for hydroxylation is 1. The molecule has 2 rings (SSSR count). The van der Waals surface area contributed by atoms with Crippen molar-refractivity contribution < 1.29 is 17.9 Å². The molecule has 152 valence electrons. The Hall–Kier alpha value is -1.48. The highest BCUT2D eigenvalue weighted by molar-refractivity contribution is 7.89. The molecule has 0 spiro atoms. The summed E-state index contributed by atoms with van der Waals surface area (Å²) in [5, 5.41) is 2.93. The second kappa shape index (κ2) is 9.64. The third-order valence-corrected chi connectivity index (χ3v) is 5.94. The van der Waals surface area contributed by atoms with Gasteiger partial charge in [0.25, 0.3) is 0 Å². The van der Waals surface area contributed by atoms with Gasteiger partial charge in [-0.25, -0.2) is 13.1 Å². The normalized spacial score (nSPS) is 16.3. The van der Waals surface area contributed by atoms with Crippen LogP contribution in [0.3, 0.4) is 0 Å². The number of hydrogen-bond acceptors (Lipinski definition) is 5. The van der Waals surface area contributed by atoms with E-state index < -0.39 is 15.6 Å². The van der Waals surface area contributed by atoms with Gasteiger partial charge in [0.05, 0.1) is 18.1 Å². The van der Waals surface area contributed by atoms with E-state index in [2.05, 4.69) is 14.9 Å². The molecule has 8 heteroatoms. The van der Waals surface area contributed by atoms with Crippen molar-refractivity contribution in [1.29, 1.82) is 0 Å². The van der Waals surface area contributed by atoms with Gasteiger partial charge in [-0.2, -0.15) is 0 Å². The average molecular weight is 398 g/mol. The van der Waals surface area contributed by atoms with E-state index in [9.17, 15) is 13.2 Å². The number of nitrogens with one attached hydrogen (secondary N) is 2. The van der Waals surface area contributed by atoms with Crippen LogP contribution in [0.15, 0.2) is 29.2 Å². The number of benzene rings is 1. The van der Waals surface area contributed by atoms with Crippen molar-refractivity contribution >= 4 is 15.9 Å². The van der Waals surface area contributed by atoms with Crippen molar-refractivity contribution in [2.45, 2.75) is 44.0 Å². The minimum atomic E-state index is -3.53. The van der Waals surface area contributed by atoms with Crippen molar-refractivity contribution in [2.75, 3.05) is 39.4 Å². The van der Waals surface area contributed by atoms with E-state index in [1.807, 2.05) is 0 Å². The van der Waals surface area contributed by atoms with Crippen molar-refractivity contribution in [1.82, 2.24) is 14.9 Å². The predicted octanol–water partition coefficient (Wildman–Crippen LogP) is 1.14. The summed E-state index contributed by atoms with van der Waals surface area (Å²) in [5.41, 5.74) is 0.407. The maximum atomic E-state index is 12.3. The Bertz CT molecular complexity index is 705. The molecule has 0 bridgehead atoms. The number of amides is 1. The molecule has 0 radical (unpaired) electrons. The molecule has 0 aliphatic carbocycles. The van der Waals surface area contributed by atoms with Crippen molar-refractivity contribution in [3.05, 3.63) is 29.8 Å². The first-order valence-corrected chi connectivity index (χ1v) is 10.8. The monoisotopic (exact) mass is 397 g/mol. The van der Waals surface area contributed by atoms with Crippen LogP contribution in [-0.2, 0) is 26.0 Å². The van der Waals surface area contributed by atoms with Crippen molar-refractivity contribution in [2.24, 2.45) is 0 Å². The Morgan fingerprint density at radius 2 is 1.78 bits per heavy atom. The van der Waals surface area contributed by atoms with E-state index in [0.29, 0.717) is 19.4 Å². The van der Waals surface area contributed by atoms with Gasteiger partial charge in [-0.3, -0.25) is 9.69 Å². The molecule has 0 unspecified atom stereocenters. The molecular formula is C19H31N3O4S. The van der Waals surface area contributed by atoms with Crippen molar-refractivity contribution in [3.63, 3.8) is 0 Å². The second-order valence-electron chi connectivity index (χ2n) is 7.80. The van der Waals surface area contributed by atoms with Crippen LogP contribution >= 0.6 is 0 Å². The molecule has 1 saturated heterocycles. The molecule has 0 atom stereocenters. The van der Waals surface area contributed by atoms with Crippen molar-refractivity contribution in [3.8, 4) is 0 Å². The maximum absolute atomic E-state index is 12.3. The summed E-state index contributed by atoms with van der Waals surface area (Å²) in [4.78, 5) is 14.5. The van der Waals surface area contributed by atoms with E-state index >= 15 is 0 Å². The van der Waals surface area contributed by atoms with Gasteiger partial charge in [-0.15, -0.1) is 0 Å². The number of nitrogens with zero attached hydrogens (tertiary/aromatic N) is 1. The van der Waals surface area contributed by atoms with E-state index in [4.69, 9.17) is 4.74 Å². The zero-order valence-electron chi connectivity index (χ0n) is 16.5. The SMILES string of the molecule is CC(C)(C)NS(=O)(=O)c1ccc(CCC(=O)NCCN2CCOCC2)cc1. The van der Waals surface area contributed by atoms with Gasteiger partial charge in [0.15, 0.2) is 0 Å². The van der Waals surface area contributed by atoms with Crippen LogP contribution in [-0.4, -0.2) is 64.2 Å². The molecule has 1 heterocycles. The molecule has 1 aliphatic heterocycles. The van der Waals surface area contributed by atoms with Crippen LogP contribution < -0.4 is 10.0 Å². The maximum Gasteiger partial charge on any atom is 0.241 e. The molecule has 2 N–H and O–H groups in total. The molecule has 1 fully saturated rings. The van der Waals surface area contributed by atoms with Gasteiger partial charge in [0, 0.05) is 38.1 Å². The number of sulfonamides is 1. The highest BCUT2D eigenvalue weighted by Crippen LogP contribution is 2.14. The minimum Gasteiger partial charge on any atom is -0.379 e. The zero-order valence-corrected chi connectivity index (χ0v) is 17.3. The first-order valence-electron chi connectivity index (χ1n) is 9.35. The van der Waals surface area contributed by atoms with Crippen LogP contribution in [0.2, 0.25) is 0 Å². The summed E-state index contributed by atoms with van der Waals surface area (Å²) in [6.45, 7) is 10.2. The highest BCUT2D eigenvalue weighted by Gasteiger charge is 2.21. The van der Waals surface area contributed by atoms with Gasteiger partial charge < -0.3 is 10.1 Å². The lowest BCUT2D eigenvalue weighted by Gasteiger charge is -2.26. The third-order valence-electron chi connectivity index (χ3n) is 4.17. The molecule has 0 saturated carbocycles. The smallest absolute Gasteiger partial charge is 0.241 e. The van der Waals surface area contributed by atoms with E-state index in [1.165, 1.54) is 0 Å². The number of ether oxygens (including phenoxy) is 1. The van der Waals surface area contributed by atoms with Crippen LogP contribution in [0.1, 0.15) is 32.8 Å². The molecule has 1 aromatic rings. The van der Waals surface area contributed by atoms with Crippen LogP contribution in [0.4, 0.5) is 0 Å². The van der Waals surface area contributed by atoms with Gasteiger partial charge in [-0.1, -0.05) is 12.1 Å². The van der Waals surface area contributed by atoms with Crippen LogP contribution in [0, 0.1) is 0 Å². The molecule has 1 aliphatic rings. The topological polar surface area (TPSA) is 87.7 Å². The summed E-state index contributed by atoms with van der Waals surface area (Å²) in [6, 6.07) is 6.69. The number of carbonyl (C=O) groups is 1. The molecular weight excluding hydrogens is 366 g/mol. The number of morpholine rings is 1. The van der Waals surface area contributed by atoms with E-state index in [0.717, 1.165) is 38.4 Å². The summed E-state index contributed by atoms with van der Waals surface area (Å²) in [7, 11) is -3.53. The fourth-order valence-corrected chi connectivity index (χ4v) is 4.24. The van der Waals surface area contributed by atoms with E-state index in [1.54, 1.807) is 45.0 Å². The average Bonchev–Trinajstić information content (AvgIpc) is 2.59. The zero-order chi connectivity index (χ0) is 19.9. The quantitative estimate of drug-likeness (QED) is 0.687. The lowest BCUT2D eigenvalue weighted by molar-refractivity contribution is -0.121. The Morgan fingerprint density at radius 1 is 1.15 bits per heavy atom. The lowest BCUT2D eigenvalue weighted by Crippen LogP contribution is -2.41. The standard InChI is InChI=1S/C19H31N3O4S/c1-19(2,3)21-27(24,25)17-7-4-16(5-8-17)6-9-18(23)20-10-11-22-12-14-26-15-13-22/h4-5,7-8,21H,6,9-15H2,1-3H3,(H,20,23). The predicted molar refractivity (Wildman–Crippen MR) is 105 cm³/mol. The first kappa shape index (κ1) is 21.8. The number of carbonyl (C=O) groups excluding carboxylic acids is 1. The Morgan fingerprint density at radius 3 is 2.37 bits per heavy atom. The number of hydrogen-bond donors (Lipinski definition) is 2. The largest absolute Gasteiger partial charge is 0.379 e. The Kier molecular flexibility index (Phi) is 7.79. The molecule has 27 heavy (non-hydrogen) atoms. The fourth-order valence-electron chi connectivity index (χ4n) is 2.82. The molecule has 0 aromatic heterocycles. The van der Waals surface area contributed by atoms with Crippen LogP contribution in [0.25, 0.3) is 0 Å². The summed E-state index contributed by atoms with van der Waals surface area (Å²) < 4.78 is 32.5. The molecule has 1 amide bonds. The first-order chi connectivity index (χ1) is 12.7.